The summed E-state index contributed by atoms with van der Waals surface area (Å²) in [6.07, 6.45) is 0. The van der Waals surface area contributed by atoms with E-state index in [1.54, 1.807) is 25.3 Å². The molecule has 1 heterocycles. The standard InChI is InChI=1S/C18H21N3O5S/c1-10(2)20-21-17(23)12-6-7-27-18(12)19-16(22)11-8-13(24-3)15(26-5)14(9-11)25-4/h6-9H,1-5H3,(H,19,22)(H,21,23). The van der Waals surface area contributed by atoms with Gasteiger partial charge in [-0.2, -0.15) is 5.10 Å². The summed E-state index contributed by atoms with van der Waals surface area (Å²) in [5.41, 5.74) is 3.77. The topological polar surface area (TPSA) is 98.2 Å². The molecule has 8 nitrogen and oxygen atoms in total. The van der Waals surface area contributed by atoms with E-state index in [0.717, 1.165) is 0 Å². The van der Waals surface area contributed by atoms with E-state index in [1.807, 2.05) is 0 Å². The average molecular weight is 391 g/mol. The van der Waals surface area contributed by atoms with Crippen LogP contribution >= 0.6 is 11.3 Å². The van der Waals surface area contributed by atoms with Crippen LogP contribution in [0.5, 0.6) is 17.2 Å². The van der Waals surface area contributed by atoms with Gasteiger partial charge in [0.25, 0.3) is 11.8 Å². The highest BCUT2D eigenvalue weighted by molar-refractivity contribution is 7.14. The van der Waals surface area contributed by atoms with Crippen molar-refractivity contribution in [2.75, 3.05) is 26.6 Å². The number of ether oxygens (including phenoxy) is 3. The molecule has 0 atom stereocenters. The predicted octanol–water partition coefficient (Wildman–Crippen LogP) is 3.15. The summed E-state index contributed by atoms with van der Waals surface area (Å²) in [5.74, 6) is 0.289. The van der Waals surface area contributed by atoms with Crippen LogP contribution in [0, 0.1) is 0 Å². The quantitative estimate of drug-likeness (QED) is 0.558. The maximum atomic E-state index is 12.7. The zero-order valence-corrected chi connectivity index (χ0v) is 16.5. The van der Waals surface area contributed by atoms with Crippen molar-refractivity contribution in [2.24, 2.45) is 5.10 Å². The van der Waals surface area contributed by atoms with Crippen molar-refractivity contribution in [3.8, 4) is 17.2 Å². The summed E-state index contributed by atoms with van der Waals surface area (Å²) < 4.78 is 15.8. The first-order valence-corrected chi connectivity index (χ1v) is 8.79. The first-order valence-electron chi connectivity index (χ1n) is 7.91. The Balaban J connectivity index is 2.27. The van der Waals surface area contributed by atoms with Gasteiger partial charge in [0.05, 0.1) is 26.9 Å². The molecular formula is C18H21N3O5S. The first kappa shape index (κ1) is 20.2. The van der Waals surface area contributed by atoms with Gasteiger partial charge in [0.15, 0.2) is 11.5 Å². The zero-order chi connectivity index (χ0) is 20.0. The van der Waals surface area contributed by atoms with E-state index < -0.39 is 11.8 Å². The number of hydrazone groups is 1. The molecule has 0 aliphatic carbocycles. The van der Waals surface area contributed by atoms with Gasteiger partial charge in [0.1, 0.15) is 5.00 Å². The second-order valence-electron chi connectivity index (χ2n) is 5.53. The highest BCUT2D eigenvalue weighted by atomic mass is 32.1. The summed E-state index contributed by atoms with van der Waals surface area (Å²) in [4.78, 5) is 24.9. The van der Waals surface area contributed by atoms with Crippen molar-refractivity contribution < 1.29 is 23.8 Å². The fraction of sp³-hybridized carbons (Fsp3) is 0.278. The lowest BCUT2D eigenvalue weighted by atomic mass is 10.1. The number of nitrogens with zero attached hydrogens (tertiary/aromatic N) is 1. The van der Waals surface area contributed by atoms with Crippen LogP contribution in [-0.4, -0.2) is 38.9 Å². The van der Waals surface area contributed by atoms with Crippen LogP contribution in [0.2, 0.25) is 0 Å². The number of benzene rings is 1. The Kier molecular flexibility index (Phi) is 6.78. The van der Waals surface area contributed by atoms with E-state index in [4.69, 9.17) is 14.2 Å². The molecule has 1 aromatic heterocycles. The van der Waals surface area contributed by atoms with Crippen LogP contribution in [0.15, 0.2) is 28.7 Å². The molecule has 0 bridgehead atoms. The Morgan fingerprint density at radius 2 is 1.63 bits per heavy atom. The van der Waals surface area contributed by atoms with Gasteiger partial charge in [0, 0.05) is 11.3 Å². The number of rotatable bonds is 7. The minimum absolute atomic E-state index is 0.298. The Bertz CT molecular complexity index is 847. The maximum absolute atomic E-state index is 12.7. The molecule has 0 aliphatic rings. The molecule has 0 radical (unpaired) electrons. The lowest BCUT2D eigenvalue weighted by Crippen LogP contribution is -2.20. The number of amides is 2. The largest absolute Gasteiger partial charge is 0.493 e. The Morgan fingerprint density at radius 3 is 2.15 bits per heavy atom. The molecule has 0 saturated carbocycles. The van der Waals surface area contributed by atoms with Crippen LogP contribution in [0.1, 0.15) is 34.6 Å². The average Bonchev–Trinajstić information content (AvgIpc) is 3.12. The molecule has 0 saturated heterocycles. The molecule has 2 amide bonds. The third-order valence-corrected chi connectivity index (χ3v) is 4.27. The van der Waals surface area contributed by atoms with Gasteiger partial charge in [0.2, 0.25) is 5.75 Å². The van der Waals surface area contributed by atoms with E-state index in [-0.39, 0.29) is 0 Å². The minimum Gasteiger partial charge on any atom is -0.493 e. The molecule has 27 heavy (non-hydrogen) atoms. The number of hydrogen-bond acceptors (Lipinski definition) is 7. The van der Waals surface area contributed by atoms with Crippen LogP contribution < -0.4 is 25.0 Å². The van der Waals surface area contributed by atoms with Gasteiger partial charge in [-0.3, -0.25) is 9.59 Å². The van der Waals surface area contributed by atoms with Crippen molar-refractivity contribution in [1.29, 1.82) is 0 Å². The van der Waals surface area contributed by atoms with Crippen molar-refractivity contribution in [2.45, 2.75) is 13.8 Å². The molecule has 0 unspecified atom stereocenters. The van der Waals surface area contributed by atoms with Gasteiger partial charge in [-0.15, -0.1) is 11.3 Å². The summed E-state index contributed by atoms with van der Waals surface area (Å²) in [5, 5.41) is 8.74. The predicted molar refractivity (Wildman–Crippen MR) is 105 cm³/mol. The maximum Gasteiger partial charge on any atom is 0.274 e. The van der Waals surface area contributed by atoms with Crippen LogP contribution in [0.3, 0.4) is 0 Å². The molecule has 9 heteroatoms. The molecule has 2 aromatic rings. The molecule has 144 valence electrons. The highest BCUT2D eigenvalue weighted by Gasteiger charge is 2.19. The molecule has 0 spiro atoms. The molecule has 0 aliphatic heterocycles. The Hall–Kier alpha value is -3.07. The Labute approximate surface area is 161 Å². The second kappa shape index (κ2) is 9.04. The smallest absolute Gasteiger partial charge is 0.274 e. The second-order valence-corrected chi connectivity index (χ2v) is 6.45. The first-order chi connectivity index (χ1) is 12.9. The summed E-state index contributed by atoms with van der Waals surface area (Å²) in [6, 6.07) is 4.69. The number of anilines is 1. The number of thiophene rings is 1. The molecule has 1 aromatic carbocycles. The lowest BCUT2D eigenvalue weighted by molar-refractivity contribution is 0.0956. The van der Waals surface area contributed by atoms with Crippen molar-refractivity contribution >= 4 is 33.9 Å². The number of hydrogen-bond donors (Lipinski definition) is 2. The molecule has 0 fully saturated rings. The summed E-state index contributed by atoms with van der Waals surface area (Å²) in [7, 11) is 4.42. The Morgan fingerprint density at radius 1 is 1.00 bits per heavy atom. The van der Waals surface area contributed by atoms with Crippen LogP contribution in [0.25, 0.3) is 0 Å². The normalized spacial score (nSPS) is 9.96. The van der Waals surface area contributed by atoms with Gasteiger partial charge in [-0.25, -0.2) is 5.43 Å². The third kappa shape index (κ3) is 4.76. The minimum atomic E-state index is -0.416. The summed E-state index contributed by atoms with van der Waals surface area (Å²) >= 11 is 1.23. The lowest BCUT2D eigenvalue weighted by Gasteiger charge is -2.14. The molecule has 2 N–H and O–H groups in total. The van der Waals surface area contributed by atoms with E-state index in [2.05, 4.69) is 15.8 Å². The number of carbonyl (C=O) groups excluding carboxylic acids is 2. The van der Waals surface area contributed by atoms with Crippen LogP contribution in [-0.2, 0) is 0 Å². The number of nitrogens with one attached hydrogen (secondary N) is 2. The van der Waals surface area contributed by atoms with E-state index in [9.17, 15) is 9.59 Å². The van der Waals surface area contributed by atoms with Gasteiger partial charge in [-0.1, -0.05) is 0 Å². The van der Waals surface area contributed by atoms with E-state index in [1.165, 1.54) is 44.8 Å². The van der Waals surface area contributed by atoms with Crippen LogP contribution in [0.4, 0.5) is 5.00 Å². The SMILES string of the molecule is COc1cc(C(=O)Nc2sccc2C(=O)NN=C(C)C)cc(OC)c1OC. The van der Waals surface area contributed by atoms with Gasteiger partial charge < -0.3 is 19.5 Å². The highest BCUT2D eigenvalue weighted by Crippen LogP contribution is 2.38. The van der Waals surface area contributed by atoms with Crippen molar-refractivity contribution in [3.63, 3.8) is 0 Å². The van der Waals surface area contributed by atoms with E-state index >= 15 is 0 Å². The fourth-order valence-corrected chi connectivity index (χ4v) is 2.97. The van der Waals surface area contributed by atoms with Gasteiger partial charge in [-0.05, 0) is 37.4 Å². The zero-order valence-electron chi connectivity index (χ0n) is 15.7. The monoisotopic (exact) mass is 391 g/mol. The van der Waals surface area contributed by atoms with Crippen molar-refractivity contribution in [1.82, 2.24) is 5.43 Å². The fourth-order valence-electron chi connectivity index (χ4n) is 2.20. The van der Waals surface area contributed by atoms with Gasteiger partial charge >= 0.3 is 0 Å². The molecular weight excluding hydrogens is 370 g/mol. The number of carbonyl (C=O) groups is 2. The summed E-state index contributed by atoms with van der Waals surface area (Å²) in [6.45, 7) is 3.53. The van der Waals surface area contributed by atoms with E-state index in [0.29, 0.717) is 39.1 Å². The van der Waals surface area contributed by atoms with Crippen molar-refractivity contribution in [3.05, 3.63) is 34.7 Å². The molecule has 2 rings (SSSR count). The number of methoxy groups -OCH3 is 3. The third-order valence-electron chi connectivity index (χ3n) is 3.44.